The summed E-state index contributed by atoms with van der Waals surface area (Å²) in [4.78, 5) is 12.8. The normalized spacial score (nSPS) is 24.1. The molecular formula is C11H22N2O3. The van der Waals surface area contributed by atoms with Gasteiger partial charge in [-0.1, -0.05) is 0 Å². The summed E-state index contributed by atoms with van der Waals surface area (Å²) in [5.41, 5.74) is -0.155. The van der Waals surface area contributed by atoms with Crippen LogP contribution >= 0.6 is 0 Å². The van der Waals surface area contributed by atoms with Gasteiger partial charge in [-0.3, -0.25) is 4.79 Å². The highest BCUT2D eigenvalue weighted by Crippen LogP contribution is 2.15. The Bertz CT molecular complexity index is 241. The summed E-state index contributed by atoms with van der Waals surface area (Å²) in [6.45, 7) is 6.28. The Balaban J connectivity index is 2.20. The van der Waals surface area contributed by atoms with Gasteiger partial charge in [0.2, 0.25) is 5.91 Å². The summed E-state index contributed by atoms with van der Waals surface area (Å²) in [5, 5.41) is 3.29. The number of hydrogen-bond acceptors (Lipinski definition) is 4. The predicted molar refractivity (Wildman–Crippen MR) is 61.3 cm³/mol. The van der Waals surface area contributed by atoms with Crippen LogP contribution in [0.3, 0.4) is 0 Å². The van der Waals surface area contributed by atoms with Crippen LogP contribution in [-0.2, 0) is 14.3 Å². The summed E-state index contributed by atoms with van der Waals surface area (Å²) in [6, 6.07) is 0. The second-order valence-electron chi connectivity index (χ2n) is 4.93. The minimum atomic E-state index is -0.155. The fourth-order valence-electron chi connectivity index (χ4n) is 1.57. The van der Waals surface area contributed by atoms with Gasteiger partial charge in [-0.2, -0.15) is 0 Å². The van der Waals surface area contributed by atoms with E-state index in [1.54, 1.807) is 14.1 Å². The Kier molecular flexibility index (Phi) is 4.70. The lowest BCUT2D eigenvalue weighted by Crippen LogP contribution is -2.52. The molecule has 16 heavy (non-hydrogen) atoms. The van der Waals surface area contributed by atoms with E-state index in [4.69, 9.17) is 9.47 Å². The van der Waals surface area contributed by atoms with Crippen molar-refractivity contribution in [3.8, 4) is 0 Å². The molecule has 0 spiro atoms. The van der Waals surface area contributed by atoms with Crippen LogP contribution in [0, 0.1) is 0 Å². The quantitative estimate of drug-likeness (QED) is 0.730. The van der Waals surface area contributed by atoms with Crippen molar-refractivity contribution in [2.75, 3.05) is 40.4 Å². The van der Waals surface area contributed by atoms with Crippen LogP contribution in [0.5, 0.6) is 0 Å². The van der Waals surface area contributed by atoms with E-state index < -0.39 is 0 Å². The Morgan fingerprint density at radius 1 is 1.56 bits per heavy atom. The SMILES string of the molecule is CN(C)C(=O)COC[C@H]1CNCC(C)(C)O1. The van der Waals surface area contributed by atoms with Crippen molar-refractivity contribution in [1.29, 1.82) is 0 Å². The summed E-state index contributed by atoms with van der Waals surface area (Å²) in [7, 11) is 3.43. The molecule has 94 valence electrons. The zero-order valence-corrected chi connectivity index (χ0v) is 10.6. The highest BCUT2D eigenvalue weighted by atomic mass is 16.5. The molecule has 1 fully saturated rings. The highest BCUT2D eigenvalue weighted by Gasteiger charge is 2.28. The molecule has 1 atom stereocenters. The monoisotopic (exact) mass is 230 g/mol. The van der Waals surface area contributed by atoms with Crippen molar-refractivity contribution in [2.45, 2.75) is 25.6 Å². The van der Waals surface area contributed by atoms with Crippen molar-refractivity contribution < 1.29 is 14.3 Å². The predicted octanol–water partition coefficient (Wildman–Crippen LogP) is -0.142. The van der Waals surface area contributed by atoms with Crippen LogP contribution < -0.4 is 5.32 Å². The maximum Gasteiger partial charge on any atom is 0.248 e. The maximum atomic E-state index is 11.3. The average Bonchev–Trinajstić information content (AvgIpc) is 2.15. The molecule has 0 bridgehead atoms. The number of nitrogens with zero attached hydrogens (tertiary/aromatic N) is 1. The second kappa shape index (κ2) is 5.61. The van der Waals surface area contributed by atoms with Gasteiger partial charge in [0, 0.05) is 27.2 Å². The summed E-state index contributed by atoms with van der Waals surface area (Å²) in [5.74, 6) is -0.0250. The molecule has 0 aromatic heterocycles. The van der Waals surface area contributed by atoms with E-state index in [0.29, 0.717) is 6.61 Å². The van der Waals surface area contributed by atoms with Crippen LogP contribution in [0.25, 0.3) is 0 Å². The summed E-state index contributed by atoms with van der Waals surface area (Å²) in [6.07, 6.45) is 0.0266. The number of rotatable bonds is 4. The summed E-state index contributed by atoms with van der Waals surface area (Å²) < 4.78 is 11.1. The van der Waals surface area contributed by atoms with Crippen molar-refractivity contribution in [3.63, 3.8) is 0 Å². The topological polar surface area (TPSA) is 50.8 Å². The van der Waals surface area contributed by atoms with Gasteiger partial charge in [0.1, 0.15) is 6.61 Å². The molecule has 1 aliphatic rings. The lowest BCUT2D eigenvalue weighted by Gasteiger charge is -2.36. The van der Waals surface area contributed by atoms with Gasteiger partial charge in [0.25, 0.3) is 0 Å². The molecule has 0 saturated carbocycles. The number of morpholine rings is 1. The van der Waals surface area contributed by atoms with Crippen molar-refractivity contribution in [2.24, 2.45) is 0 Å². The van der Waals surface area contributed by atoms with E-state index >= 15 is 0 Å². The Morgan fingerprint density at radius 3 is 2.81 bits per heavy atom. The molecule has 1 amide bonds. The van der Waals surface area contributed by atoms with Crippen LogP contribution in [0.15, 0.2) is 0 Å². The number of carbonyl (C=O) groups excluding carboxylic acids is 1. The van der Waals surface area contributed by atoms with Gasteiger partial charge in [0.15, 0.2) is 0 Å². The molecule has 1 heterocycles. The van der Waals surface area contributed by atoms with E-state index in [-0.39, 0.29) is 24.2 Å². The van der Waals surface area contributed by atoms with Crippen molar-refractivity contribution >= 4 is 5.91 Å². The molecule has 5 nitrogen and oxygen atoms in total. The molecular weight excluding hydrogens is 208 g/mol. The third-order valence-corrected chi connectivity index (χ3v) is 2.44. The highest BCUT2D eigenvalue weighted by molar-refractivity contribution is 5.76. The van der Waals surface area contributed by atoms with E-state index in [9.17, 15) is 4.79 Å². The number of ether oxygens (including phenoxy) is 2. The maximum absolute atomic E-state index is 11.3. The van der Waals surface area contributed by atoms with E-state index in [1.165, 1.54) is 4.90 Å². The third-order valence-electron chi connectivity index (χ3n) is 2.44. The van der Waals surface area contributed by atoms with Crippen molar-refractivity contribution in [1.82, 2.24) is 10.2 Å². The minimum absolute atomic E-state index is 0.0250. The van der Waals surface area contributed by atoms with Gasteiger partial charge in [0.05, 0.1) is 18.3 Å². The Labute approximate surface area is 97.1 Å². The lowest BCUT2D eigenvalue weighted by atomic mass is 10.1. The standard InChI is InChI=1S/C11H22N2O3/c1-11(2)8-12-5-9(16-11)6-15-7-10(14)13(3)4/h9,12H,5-8H2,1-4H3/t9-/m1/s1. The fraction of sp³-hybridized carbons (Fsp3) is 0.909. The zero-order valence-electron chi connectivity index (χ0n) is 10.6. The first kappa shape index (κ1) is 13.4. The van der Waals surface area contributed by atoms with E-state index in [2.05, 4.69) is 5.32 Å². The van der Waals surface area contributed by atoms with E-state index in [0.717, 1.165) is 13.1 Å². The van der Waals surface area contributed by atoms with Crippen LogP contribution in [0.4, 0.5) is 0 Å². The first-order chi connectivity index (χ1) is 7.41. The Hall–Kier alpha value is -0.650. The van der Waals surface area contributed by atoms with Gasteiger partial charge < -0.3 is 19.7 Å². The number of hydrogen-bond donors (Lipinski definition) is 1. The molecule has 1 rings (SSSR count). The minimum Gasteiger partial charge on any atom is -0.369 e. The Morgan fingerprint density at radius 2 is 2.25 bits per heavy atom. The van der Waals surface area contributed by atoms with Gasteiger partial charge in [-0.25, -0.2) is 0 Å². The third kappa shape index (κ3) is 4.47. The smallest absolute Gasteiger partial charge is 0.248 e. The average molecular weight is 230 g/mol. The molecule has 0 unspecified atom stereocenters. The molecule has 0 aromatic carbocycles. The molecule has 0 radical (unpaired) electrons. The molecule has 0 aliphatic carbocycles. The molecule has 5 heteroatoms. The molecule has 1 N–H and O–H groups in total. The number of likely N-dealkylation sites (N-methyl/N-ethyl adjacent to an activating group) is 1. The number of nitrogens with one attached hydrogen (secondary N) is 1. The van der Waals surface area contributed by atoms with Gasteiger partial charge >= 0.3 is 0 Å². The zero-order chi connectivity index (χ0) is 12.2. The van der Waals surface area contributed by atoms with Gasteiger partial charge in [-0.05, 0) is 13.8 Å². The first-order valence-electron chi connectivity index (χ1n) is 5.57. The van der Waals surface area contributed by atoms with Crippen LogP contribution in [0.2, 0.25) is 0 Å². The largest absolute Gasteiger partial charge is 0.369 e. The number of carbonyl (C=O) groups is 1. The van der Waals surface area contributed by atoms with Crippen LogP contribution in [-0.4, -0.2) is 62.9 Å². The lowest BCUT2D eigenvalue weighted by molar-refractivity contribution is -0.141. The summed E-state index contributed by atoms with van der Waals surface area (Å²) >= 11 is 0. The van der Waals surface area contributed by atoms with Gasteiger partial charge in [-0.15, -0.1) is 0 Å². The van der Waals surface area contributed by atoms with Crippen molar-refractivity contribution in [3.05, 3.63) is 0 Å². The number of amides is 1. The molecule has 1 aliphatic heterocycles. The fourth-order valence-corrected chi connectivity index (χ4v) is 1.57. The molecule has 1 saturated heterocycles. The van der Waals surface area contributed by atoms with Crippen LogP contribution in [0.1, 0.15) is 13.8 Å². The first-order valence-corrected chi connectivity index (χ1v) is 5.57. The second-order valence-corrected chi connectivity index (χ2v) is 4.93. The van der Waals surface area contributed by atoms with E-state index in [1.807, 2.05) is 13.8 Å². The molecule has 0 aromatic rings.